The second kappa shape index (κ2) is 13.0. The van der Waals surface area contributed by atoms with Gasteiger partial charge in [-0.2, -0.15) is 4.72 Å². The maximum atomic E-state index is 15.1. The van der Waals surface area contributed by atoms with E-state index < -0.39 is 40.3 Å². The zero-order valence-corrected chi connectivity index (χ0v) is 22.8. The minimum absolute atomic E-state index is 0.0711. The molecule has 1 saturated heterocycles. The molecule has 2 aromatic carbocycles. The summed E-state index contributed by atoms with van der Waals surface area (Å²) in [5.74, 6) is -1.52. The van der Waals surface area contributed by atoms with Gasteiger partial charge in [-0.25, -0.2) is 12.8 Å². The number of amides is 1. The van der Waals surface area contributed by atoms with E-state index in [0.29, 0.717) is 24.5 Å². The Morgan fingerprint density at radius 1 is 1.20 bits per heavy atom. The van der Waals surface area contributed by atoms with Gasteiger partial charge in [-0.3, -0.25) is 14.6 Å². The first kappa shape index (κ1) is 29.1. The van der Waals surface area contributed by atoms with Gasteiger partial charge in [-0.1, -0.05) is 0 Å². The molecule has 1 unspecified atom stereocenters. The van der Waals surface area contributed by atoms with Gasteiger partial charge in [-0.15, -0.1) is 0 Å². The number of sulfonamides is 1. The fraction of sp³-hybridized carbons (Fsp3) is 0.423. The van der Waals surface area contributed by atoms with E-state index >= 15 is 4.39 Å². The summed E-state index contributed by atoms with van der Waals surface area (Å²) in [5, 5.41) is 18.2. The second-order valence-electron chi connectivity index (χ2n) is 9.50. The average molecular weight is 577 g/mol. The number of guanidine groups is 1. The van der Waals surface area contributed by atoms with Gasteiger partial charge in [0.1, 0.15) is 17.7 Å². The van der Waals surface area contributed by atoms with E-state index in [-0.39, 0.29) is 16.5 Å². The molecule has 14 heteroatoms. The van der Waals surface area contributed by atoms with Crippen molar-refractivity contribution in [1.82, 2.24) is 20.7 Å². The predicted molar refractivity (Wildman–Crippen MR) is 147 cm³/mol. The molecule has 1 atom stereocenters. The van der Waals surface area contributed by atoms with Gasteiger partial charge in [0.15, 0.2) is 5.96 Å². The summed E-state index contributed by atoms with van der Waals surface area (Å²) in [5.41, 5.74) is 0.281. The van der Waals surface area contributed by atoms with Crippen LogP contribution < -0.4 is 30.3 Å². The molecule has 1 fully saturated rings. The van der Waals surface area contributed by atoms with Gasteiger partial charge >= 0.3 is 5.97 Å². The summed E-state index contributed by atoms with van der Waals surface area (Å²) >= 11 is 0. The van der Waals surface area contributed by atoms with Crippen molar-refractivity contribution >= 4 is 33.5 Å². The number of hydrogen-bond donors (Lipinski definition) is 5. The lowest BCUT2D eigenvalue weighted by Gasteiger charge is -2.35. The van der Waals surface area contributed by atoms with Crippen molar-refractivity contribution in [3.05, 3.63) is 53.8 Å². The fourth-order valence-corrected chi connectivity index (χ4v) is 5.69. The van der Waals surface area contributed by atoms with E-state index in [1.165, 1.54) is 43.5 Å². The summed E-state index contributed by atoms with van der Waals surface area (Å²) in [6.07, 6.45) is 0.374. The molecule has 40 heavy (non-hydrogen) atoms. The first-order valence-corrected chi connectivity index (χ1v) is 14.4. The van der Waals surface area contributed by atoms with Gasteiger partial charge in [0.25, 0.3) is 5.91 Å². The summed E-state index contributed by atoms with van der Waals surface area (Å²) in [6.45, 7) is 2.91. The van der Waals surface area contributed by atoms with Crippen LogP contribution >= 0.6 is 0 Å². The molecule has 216 valence electrons. The molecule has 5 N–H and O–H groups in total. The SMILES string of the molecule is COc1ccc(S(=O)(=O)NC(CC(=O)O)NC(=O)c2ccc(N3CCC(NC4=NCCCN4)CC3)c(F)c2)cc1. The number of anilines is 1. The lowest BCUT2D eigenvalue weighted by Crippen LogP contribution is -2.50. The number of carbonyl (C=O) groups excluding carboxylic acids is 1. The molecule has 0 saturated carbocycles. The maximum absolute atomic E-state index is 15.1. The third kappa shape index (κ3) is 7.60. The Morgan fingerprint density at radius 2 is 1.93 bits per heavy atom. The quantitative estimate of drug-likeness (QED) is 0.262. The summed E-state index contributed by atoms with van der Waals surface area (Å²) in [6, 6.07) is 9.65. The topological polar surface area (TPSA) is 161 Å². The lowest BCUT2D eigenvalue weighted by molar-refractivity contribution is -0.137. The number of aliphatic carboxylic acids is 1. The number of hydrogen-bond acceptors (Lipinski definition) is 9. The molecule has 0 bridgehead atoms. The number of nitrogens with one attached hydrogen (secondary N) is 4. The number of aliphatic imine (C=N–C) groups is 1. The molecule has 2 aromatic rings. The van der Waals surface area contributed by atoms with Gasteiger partial charge in [0.2, 0.25) is 10.0 Å². The van der Waals surface area contributed by atoms with Crippen molar-refractivity contribution < 1.29 is 32.2 Å². The van der Waals surface area contributed by atoms with Gasteiger partial charge in [0, 0.05) is 37.8 Å². The zero-order chi connectivity index (χ0) is 28.7. The van der Waals surface area contributed by atoms with Crippen LogP contribution in [-0.4, -0.2) is 76.9 Å². The van der Waals surface area contributed by atoms with Crippen LogP contribution in [0.3, 0.4) is 0 Å². The third-order valence-electron chi connectivity index (χ3n) is 6.63. The third-order valence-corrected chi connectivity index (χ3v) is 8.12. The van der Waals surface area contributed by atoms with Crippen molar-refractivity contribution in [2.45, 2.75) is 42.8 Å². The highest BCUT2D eigenvalue weighted by atomic mass is 32.2. The molecule has 0 aromatic heterocycles. The van der Waals surface area contributed by atoms with Crippen molar-refractivity contribution in [2.24, 2.45) is 4.99 Å². The highest BCUT2D eigenvalue weighted by molar-refractivity contribution is 7.89. The Balaban J connectivity index is 1.38. The number of methoxy groups -OCH3 is 1. The van der Waals surface area contributed by atoms with Crippen LogP contribution in [0, 0.1) is 5.82 Å². The Morgan fingerprint density at radius 3 is 2.52 bits per heavy atom. The number of piperidine rings is 1. The monoisotopic (exact) mass is 576 g/mol. The Hall–Kier alpha value is -3.91. The fourth-order valence-electron chi connectivity index (χ4n) is 4.54. The van der Waals surface area contributed by atoms with Crippen molar-refractivity contribution in [1.29, 1.82) is 0 Å². The molecule has 0 spiro atoms. The molecule has 0 radical (unpaired) electrons. The molecular weight excluding hydrogens is 543 g/mol. The molecule has 2 heterocycles. The average Bonchev–Trinajstić information content (AvgIpc) is 2.93. The lowest BCUT2D eigenvalue weighted by atomic mass is 10.0. The van der Waals surface area contributed by atoms with E-state index in [2.05, 4.69) is 25.7 Å². The number of halogens is 1. The summed E-state index contributed by atoms with van der Waals surface area (Å²) < 4.78 is 47.8. The van der Waals surface area contributed by atoms with Crippen LogP contribution in [0.25, 0.3) is 0 Å². The first-order valence-electron chi connectivity index (χ1n) is 12.9. The van der Waals surface area contributed by atoms with Crippen LogP contribution in [0.4, 0.5) is 10.1 Å². The maximum Gasteiger partial charge on any atom is 0.306 e. The molecule has 1 amide bonds. The van der Waals surface area contributed by atoms with Crippen LogP contribution in [0.2, 0.25) is 0 Å². The van der Waals surface area contributed by atoms with Crippen LogP contribution in [0.5, 0.6) is 5.75 Å². The Bertz CT molecular complexity index is 1350. The number of nitrogens with zero attached hydrogens (tertiary/aromatic N) is 2. The van der Waals surface area contributed by atoms with E-state index in [9.17, 15) is 23.1 Å². The van der Waals surface area contributed by atoms with Crippen LogP contribution in [-0.2, 0) is 14.8 Å². The number of benzene rings is 2. The van der Waals surface area contributed by atoms with Crippen molar-refractivity contribution in [3.63, 3.8) is 0 Å². The molecule has 12 nitrogen and oxygen atoms in total. The van der Waals surface area contributed by atoms with E-state index in [4.69, 9.17) is 4.74 Å². The smallest absolute Gasteiger partial charge is 0.306 e. The number of carboxylic acid groups (broad SMARTS) is 1. The zero-order valence-electron chi connectivity index (χ0n) is 22.0. The van der Waals surface area contributed by atoms with Gasteiger partial charge in [0.05, 0.1) is 24.1 Å². The standard InChI is InChI=1S/C26H33FN6O6S/c1-39-19-4-6-20(7-5-19)40(37,38)32-23(16-24(34)35)31-25(36)17-3-8-22(21(27)15-17)33-13-9-18(10-14-33)30-26-28-11-2-12-29-26/h3-8,15,18,23,32H,2,9-14,16H2,1H3,(H,31,36)(H,34,35)(H2,28,29,30). The van der Waals surface area contributed by atoms with E-state index in [1.807, 2.05) is 4.90 Å². The second-order valence-corrected chi connectivity index (χ2v) is 11.2. The minimum Gasteiger partial charge on any atom is -0.497 e. The molecule has 0 aliphatic carbocycles. The highest BCUT2D eigenvalue weighted by Crippen LogP contribution is 2.25. The van der Waals surface area contributed by atoms with Crippen molar-refractivity contribution in [2.75, 3.05) is 38.2 Å². The number of carbonyl (C=O) groups is 2. The van der Waals surface area contributed by atoms with E-state index in [0.717, 1.165) is 44.4 Å². The van der Waals surface area contributed by atoms with Crippen molar-refractivity contribution in [3.8, 4) is 5.75 Å². The minimum atomic E-state index is -4.18. The Kier molecular flexibility index (Phi) is 9.42. The van der Waals surface area contributed by atoms with Crippen LogP contribution in [0.1, 0.15) is 36.0 Å². The largest absolute Gasteiger partial charge is 0.497 e. The molecule has 4 rings (SSSR count). The van der Waals surface area contributed by atoms with Crippen LogP contribution in [0.15, 0.2) is 52.4 Å². The summed E-state index contributed by atoms with van der Waals surface area (Å²) in [4.78, 5) is 30.4. The number of rotatable bonds is 10. The summed E-state index contributed by atoms with van der Waals surface area (Å²) in [7, 11) is -2.75. The number of ether oxygens (including phenoxy) is 1. The normalized spacial score (nSPS) is 16.9. The Labute approximate surface area is 232 Å². The predicted octanol–water partition coefficient (Wildman–Crippen LogP) is 1.25. The molecular formula is C26H33FN6O6S. The first-order chi connectivity index (χ1) is 19.1. The molecule has 2 aliphatic heterocycles. The number of carboxylic acids is 1. The van der Waals surface area contributed by atoms with E-state index in [1.54, 1.807) is 0 Å². The molecule has 2 aliphatic rings. The van der Waals surface area contributed by atoms with Gasteiger partial charge in [-0.05, 0) is 61.7 Å². The van der Waals surface area contributed by atoms with Gasteiger partial charge < -0.3 is 30.7 Å². The highest BCUT2D eigenvalue weighted by Gasteiger charge is 2.26.